The van der Waals surface area contributed by atoms with Crippen LogP contribution >= 0.6 is 0 Å². The fraction of sp³-hybridized carbons (Fsp3) is 0.462. The van der Waals surface area contributed by atoms with Crippen LogP contribution in [-0.2, 0) is 4.79 Å². The zero-order chi connectivity index (χ0) is 13.3. The van der Waals surface area contributed by atoms with Gasteiger partial charge in [-0.25, -0.2) is 4.39 Å². The Hall–Kier alpha value is -1.62. The van der Waals surface area contributed by atoms with Gasteiger partial charge in [-0.15, -0.1) is 0 Å². The highest BCUT2D eigenvalue weighted by atomic mass is 19.1. The first-order valence-electron chi connectivity index (χ1n) is 6.01. The molecule has 1 heterocycles. The fourth-order valence-electron chi connectivity index (χ4n) is 2.40. The second kappa shape index (κ2) is 4.94. The molecule has 0 aliphatic carbocycles. The molecule has 1 amide bonds. The van der Waals surface area contributed by atoms with Crippen LogP contribution in [0.4, 0.5) is 10.1 Å². The van der Waals surface area contributed by atoms with Crippen molar-refractivity contribution in [2.45, 2.75) is 19.4 Å². The van der Waals surface area contributed by atoms with E-state index in [4.69, 9.17) is 5.73 Å². The van der Waals surface area contributed by atoms with E-state index in [2.05, 4.69) is 0 Å². The van der Waals surface area contributed by atoms with Crippen LogP contribution in [0.15, 0.2) is 18.2 Å². The normalized spacial score (nSPS) is 21.1. The average Bonchev–Trinajstić information content (AvgIpc) is 2.77. The second-order valence-corrected chi connectivity index (χ2v) is 4.69. The van der Waals surface area contributed by atoms with Crippen molar-refractivity contribution in [3.63, 3.8) is 0 Å². The van der Waals surface area contributed by atoms with Gasteiger partial charge in [0.1, 0.15) is 5.82 Å². The number of nitrogens with two attached hydrogens (primary N) is 1. The van der Waals surface area contributed by atoms with Gasteiger partial charge >= 0.3 is 0 Å². The summed E-state index contributed by atoms with van der Waals surface area (Å²) in [6, 6.07) is 4.63. The molecule has 1 aliphatic heterocycles. The zero-order valence-corrected chi connectivity index (χ0v) is 10.3. The molecule has 0 saturated carbocycles. The SMILES string of the molecule is C[C@@H](O)c1cccc(F)c1N1CCC(C(N)=O)C1. The van der Waals surface area contributed by atoms with Crippen LogP contribution in [0.1, 0.15) is 25.0 Å². The van der Waals surface area contributed by atoms with Crippen LogP contribution in [0.2, 0.25) is 0 Å². The first-order valence-corrected chi connectivity index (χ1v) is 6.01. The molecule has 4 nitrogen and oxygen atoms in total. The van der Waals surface area contributed by atoms with E-state index in [1.54, 1.807) is 24.0 Å². The molecule has 1 aliphatic rings. The zero-order valence-electron chi connectivity index (χ0n) is 10.3. The van der Waals surface area contributed by atoms with Gasteiger partial charge in [0.2, 0.25) is 5.91 Å². The second-order valence-electron chi connectivity index (χ2n) is 4.69. The Morgan fingerprint density at radius 2 is 2.33 bits per heavy atom. The van der Waals surface area contributed by atoms with E-state index < -0.39 is 6.10 Å². The summed E-state index contributed by atoms with van der Waals surface area (Å²) in [5.41, 5.74) is 6.19. The summed E-state index contributed by atoms with van der Waals surface area (Å²) in [7, 11) is 0. The molecular formula is C13H17FN2O2. The number of anilines is 1. The lowest BCUT2D eigenvalue weighted by Gasteiger charge is -2.23. The summed E-state index contributed by atoms with van der Waals surface area (Å²) >= 11 is 0. The van der Waals surface area contributed by atoms with Crippen molar-refractivity contribution in [1.82, 2.24) is 0 Å². The quantitative estimate of drug-likeness (QED) is 0.849. The number of carbonyl (C=O) groups excluding carboxylic acids is 1. The van der Waals surface area contributed by atoms with Crippen LogP contribution in [0, 0.1) is 11.7 Å². The number of primary amides is 1. The Morgan fingerprint density at radius 1 is 1.61 bits per heavy atom. The number of benzene rings is 1. The number of hydrogen-bond acceptors (Lipinski definition) is 3. The molecule has 0 aromatic heterocycles. The topological polar surface area (TPSA) is 66.6 Å². The number of halogens is 1. The van der Waals surface area contributed by atoms with E-state index in [1.807, 2.05) is 0 Å². The van der Waals surface area contributed by atoms with E-state index in [0.717, 1.165) is 0 Å². The molecule has 1 fully saturated rings. The molecule has 1 aromatic carbocycles. The third kappa shape index (κ3) is 2.31. The minimum absolute atomic E-state index is 0.244. The molecule has 1 unspecified atom stereocenters. The summed E-state index contributed by atoms with van der Waals surface area (Å²) in [4.78, 5) is 12.9. The maximum absolute atomic E-state index is 13.9. The van der Waals surface area contributed by atoms with Gasteiger partial charge in [0, 0.05) is 18.7 Å². The van der Waals surface area contributed by atoms with Gasteiger partial charge < -0.3 is 15.7 Å². The number of nitrogens with zero attached hydrogens (tertiary/aromatic N) is 1. The maximum atomic E-state index is 13.9. The van der Waals surface area contributed by atoms with Gasteiger partial charge in [0.15, 0.2) is 0 Å². The first-order chi connectivity index (χ1) is 8.50. The molecular weight excluding hydrogens is 235 g/mol. The van der Waals surface area contributed by atoms with Crippen LogP contribution in [0.25, 0.3) is 0 Å². The van der Waals surface area contributed by atoms with Crippen molar-refractivity contribution in [1.29, 1.82) is 0 Å². The average molecular weight is 252 g/mol. The van der Waals surface area contributed by atoms with Gasteiger partial charge in [0.25, 0.3) is 0 Å². The number of aliphatic hydroxyl groups is 1. The fourth-order valence-corrected chi connectivity index (χ4v) is 2.40. The lowest BCUT2D eigenvalue weighted by Crippen LogP contribution is -2.28. The van der Waals surface area contributed by atoms with E-state index >= 15 is 0 Å². The number of aliphatic hydroxyl groups excluding tert-OH is 1. The highest BCUT2D eigenvalue weighted by molar-refractivity contribution is 5.78. The Kier molecular flexibility index (Phi) is 3.52. The monoisotopic (exact) mass is 252 g/mol. The molecule has 1 aromatic rings. The highest BCUT2D eigenvalue weighted by Crippen LogP contribution is 2.32. The first kappa shape index (κ1) is 12.8. The summed E-state index contributed by atoms with van der Waals surface area (Å²) in [5, 5.41) is 9.68. The molecule has 1 saturated heterocycles. The van der Waals surface area contributed by atoms with E-state index in [0.29, 0.717) is 30.8 Å². The molecule has 18 heavy (non-hydrogen) atoms. The van der Waals surface area contributed by atoms with Gasteiger partial charge in [0.05, 0.1) is 17.7 Å². The molecule has 2 rings (SSSR count). The smallest absolute Gasteiger partial charge is 0.222 e. The summed E-state index contributed by atoms with van der Waals surface area (Å²) in [5.74, 6) is -0.975. The third-order valence-electron chi connectivity index (χ3n) is 3.37. The summed E-state index contributed by atoms with van der Waals surface area (Å²) < 4.78 is 13.9. The number of amides is 1. The number of para-hydroxylation sites is 1. The van der Waals surface area contributed by atoms with E-state index in [-0.39, 0.29) is 17.6 Å². The van der Waals surface area contributed by atoms with Crippen molar-refractivity contribution in [2.24, 2.45) is 11.7 Å². The van der Waals surface area contributed by atoms with E-state index in [1.165, 1.54) is 6.07 Å². The van der Waals surface area contributed by atoms with Crippen molar-refractivity contribution in [3.8, 4) is 0 Å². The predicted octanol–water partition coefficient (Wildman–Crippen LogP) is 1.19. The lowest BCUT2D eigenvalue weighted by molar-refractivity contribution is -0.121. The van der Waals surface area contributed by atoms with Crippen molar-refractivity contribution >= 4 is 11.6 Å². The standard InChI is InChI=1S/C13H17FN2O2/c1-8(17)10-3-2-4-11(14)12(10)16-6-5-9(7-16)13(15)18/h2-4,8-9,17H,5-7H2,1H3,(H2,15,18)/t8-,9?/m1/s1. The van der Waals surface area contributed by atoms with Gasteiger partial charge in [-0.3, -0.25) is 4.79 Å². The number of carbonyl (C=O) groups is 1. The largest absolute Gasteiger partial charge is 0.389 e. The Labute approximate surface area is 105 Å². The summed E-state index contributed by atoms with van der Waals surface area (Å²) in [6.07, 6.45) is -0.119. The van der Waals surface area contributed by atoms with Gasteiger partial charge in [-0.1, -0.05) is 12.1 Å². The molecule has 0 spiro atoms. The number of hydrogen-bond donors (Lipinski definition) is 2. The molecule has 0 radical (unpaired) electrons. The van der Waals surface area contributed by atoms with Crippen molar-refractivity contribution in [2.75, 3.05) is 18.0 Å². The maximum Gasteiger partial charge on any atom is 0.222 e. The Morgan fingerprint density at radius 3 is 2.89 bits per heavy atom. The van der Waals surface area contributed by atoms with Gasteiger partial charge in [-0.2, -0.15) is 0 Å². The van der Waals surface area contributed by atoms with Gasteiger partial charge in [-0.05, 0) is 19.4 Å². The minimum Gasteiger partial charge on any atom is -0.389 e. The highest BCUT2D eigenvalue weighted by Gasteiger charge is 2.30. The van der Waals surface area contributed by atoms with Crippen LogP contribution in [-0.4, -0.2) is 24.1 Å². The lowest BCUT2D eigenvalue weighted by atomic mass is 10.1. The minimum atomic E-state index is -0.747. The Balaban J connectivity index is 2.31. The predicted molar refractivity (Wildman–Crippen MR) is 66.5 cm³/mol. The van der Waals surface area contributed by atoms with E-state index in [9.17, 15) is 14.3 Å². The van der Waals surface area contributed by atoms with Crippen LogP contribution in [0.5, 0.6) is 0 Å². The van der Waals surface area contributed by atoms with Crippen LogP contribution in [0.3, 0.4) is 0 Å². The number of rotatable bonds is 3. The molecule has 5 heteroatoms. The van der Waals surface area contributed by atoms with Crippen molar-refractivity contribution in [3.05, 3.63) is 29.6 Å². The molecule has 3 N–H and O–H groups in total. The third-order valence-corrected chi connectivity index (χ3v) is 3.37. The summed E-state index contributed by atoms with van der Waals surface area (Å²) in [6.45, 7) is 2.59. The molecule has 98 valence electrons. The molecule has 2 atom stereocenters. The van der Waals surface area contributed by atoms with Crippen molar-refractivity contribution < 1.29 is 14.3 Å². The molecule has 0 bridgehead atoms. The Bertz CT molecular complexity index is 462. The van der Waals surface area contributed by atoms with Crippen LogP contribution < -0.4 is 10.6 Å².